The number of thioether (sulfide) groups is 1. The van der Waals surface area contributed by atoms with E-state index in [0.29, 0.717) is 0 Å². The maximum atomic E-state index is 13.9. The van der Waals surface area contributed by atoms with Gasteiger partial charge in [0, 0.05) is 11.4 Å². The smallest absolute Gasteiger partial charge is 0.413 e. The van der Waals surface area contributed by atoms with Gasteiger partial charge in [-0.3, -0.25) is 0 Å². The van der Waals surface area contributed by atoms with E-state index in [-0.39, 0.29) is 21.5 Å². The van der Waals surface area contributed by atoms with Crippen LogP contribution in [0.4, 0.5) is 61.9 Å². The van der Waals surface area contributed by atoms with Gasteiger partial charge in [-0.05, 0) is 30.1 Å². The summed E-state index contributed by atoms with van der Waals surface area (Å²) in [6.45, 7) is 0. The number of nitrogens with zero attached hydrogens (tertiary/aromatic N) is 2. The number of carbonyl (C=O) groups is 1. The summed E-state index contributed by atoms with van der Waals surface area (Å²) in [5.74, 6) is -41.2. The maximum absolute atomic E-state index is 13.9. The molecule has 1 amide bonds. The maximum Gasteiger partial charge on any atom is 0.460 e. The molecule has 0 saturated carbocycles. The van der Waals surface area contributed by atoms with Crippen LogP contribution in [0.1, 0.15) is 12.3 Å². The van der Waals surface area contributed by atoms with Gasteiger partial charge in [-0.25, -0.2) is 4.79 Å². The van der Waals surface area contributed by atoms with E-state index >= 15 is 0 Å². The van der Waals surface area contributed by atoms with E-state index in [1.54, 1.807) is 0 Å². The fourth-order valence-corrected chi connectivity index (χ4v) is 5.49. The van der Waals surface area contributed by atoms with Crippen molar-refractivity contribution >= 4 is 75.1 Å². The van der Waals surface area contributed by atoms with Gasteiger partial charge in [-0.2, -0.15) is 82.0 Å². The first kappa shape index (κ1) is 39.3. The molecule has 2 aromatic rings. The number of carbonyl (C=O) groups excluding carboxylic acids is 1. The topological polar surface area (TPSA) is 103 Å². The van der Waals surface area contributed by atoms with Crippen molar-refractivity contribution in [1.82, 2.24) is 14.5 Å². The fraction of sp³-hybridized carbons (Fsp3) is 0.500. The SMILES string of the molecule is O=C(NS(=O)(=O)Oc1c(Cl)cc(Cl)cc1Cl)n1nc(CSCCC(F)(F)C(F)(F)C(F)(F)C(F)(F)C(F)(F)C(F)(F)F)oc1=S. The van der Waals surface area contributed by atoms with E-state index in [1.807, 2.05) is 0 Å². The molecule has 0 saturated heterocycles. The summed E-state index contributed by atoms with van der Waals surface area (Å²) in [5.41, 5.74) is 0. The van der Waals surface area contributed by atoms with E-state index in [0.717, 1.165) is 12.1 Å². The molecule has 0 bridgehead atoms. The van der Waals surface area contributed by atoms with Gasteiger partial charge in [0.1, 0.15) is 0 Å². The van der Waals surface area contributed by atoms with Crippen molar-refractivity contribution in [3.8, 4) is 5.75 Å². The van der Waals surface area contributed by atoms with E-state index in [1.165, 1.54) is 4.72 Å². The fourth-order valence-electron chi connectivity index (χ4n) is 2.71. The predicted octanol–water partition coefficient (Wildman–Crippen LogP) is 8.41. The second-order valence-electron chi connectivity index (χ2n) is 8.12. The highest BCUT2D eigenvalue weighted by Crippen LogP contribution is 2.60. The molecular formula is C18H9Cl3F13N3O5S3. The van der Waals surface area contributed by atoms with Gasteiger partial charge in [0.2, 0.25) is 5.89 Å². The van der Waals surface area contributed by atoms with Crippen LogP contribution in [0.15, 0.2) is 16.5 Å². The second kappa shape index (κ2) is 13.0. The zero-order valence-electron chi connectivity index (χ0n) is 20.5. The Bertz CT molecular complexity index is 1580. The molecule has 45 heavy (non-hydrogen) atoms. The van der Waals surface area contributed by atoms with Crippen LogP contribution in [0.2, 0.25) is 15.1 Å². The van der Waals surface area contributed by atoms with Crippen molar-refractivity contribution in [3.63, 3.8) is 0 Å². The largest absolute Gasteiger partial charge is 0.460 e. The Labute approximate surface area is 265 Å². The summed E-state index contributed by atoms with van der Waals surface area (Å²) in [6.07, 6.45) is -10.0. The Hall–Kier alpha value is -1.89. The van der Waals surface area contributed by atoms with Crippen LogP contribution in [0.3, 0.4) is 0 Å². The van der Waals surface area contributed by atoms with Gasteiger partial charge in [0.15, 0.2) is 5.75 Å². The first-order valence-corrected chi connectivity index (χ1v) is 14.7. The Morgan fingerprint density at radius 2 is 1.40 bits per heavy atom. The van der Waals surface area contributed by atoms with E-state index < -0.39 is 96.6 Å². The number of amides is 1. The molecule has 0 fully saturated rings. The first-order valence-electron chi connectivity index (χ1n) is 10.6. The molecule has 0 spiro atoms. The number of nitrogens with one attached hydrogen (secondary N) is 1. The summed E-state index contributed by atoms with van der Waals surface area (Å²) < 4.78 is 206. The van der Waals surface area contributed by atoms with Gasteiger partial charge in [0.05, 0.1) is 15.8 Å². The molecule has 8 nitrogen and oxygen atoms in total. The Morgan fingerprint density at radius 1 is 0.911 bits per heavy atom. The van der Waals surface area contributed by atoms with Gasteiger partial charge in [0.25, 0.3) is 4.84 Å². The van der Waals surface area contributed by atoms with Crippen molar-refractivity contribution < 1.29 is 78.9 Å². The molecule has 1 aromatic heterocycles. The minimum Gasteiger partial charge on any atom is -0.413 e. The molecule has 0 unspecified atom stereocenters. The molecule has 2 rings (SSSR count). The highest BCUT2D eigenvalue weighted by Gasteiger charge is 2.90. The third-order valence-corrected chi connectivity index (χ3v) is 7.73. The summed E-state index contributed by atoms with van der Waals surface area (Å²) in [5, 5.41) is 2.48. The summed E-state index contributed by atoms with van der Waals surface area (Å²) in [6, 6.07) is 0.332. The zero-order valence-corrected chi connectivity index (χ0v) is 25.2. The van der Waals surface area contributed by atoms with Crippen LogP contribution in [0.5, 0.6) is 5.75 Å². The highest BCUT2D eigenvalue weighted by atomic mass is 35.5. The van der Waals surface area contributed by atoms with Crippen LogP contribution in [0, 0.1) is 4.84 Å². The average molecular weight is 797 g/mol. The number of halogens is 16. The van der Waals surface area contributed by atoms with Gasteiger partial charge < -0.3 is 8.60 Å². The molecule has 1 aromatic carbocycles. The molecule has 1 heterocycles. The highest BCUT2D eigenvalue weighted by molar-refractivity contribution is 7.98. The van der Waals surface area contributed by atoms with Crippen molar-refractivity contribution in [3.05, 3.63) is 37.9 Å². The Kier molecular flexibility index (Phi) is 11.3. The van der Waals surface area contributed by atoms with Crippen LogP contribution >= 0.6 is 58.8 Å². The number of hydrogen-bond acceptors (Lipinski definition) is 8. The number of aromatic nitrogens is 2. The second-order valence-corrected chi connectivity index (χ2v) is 12.1. The molecule has 27 heteroatoms. The quantitative estimate of drug-likeness (QED) is 0.130. The normalized spacial score (nSPS) is 14.0. The molecule has 0 radical (unpaired) electrons. The van der Waals surface area contributed by atoms with Crippen LogP contribution < -0.4 is 8.91 Å². The summed E-state index contributed by atoms with van der Waals surface area (Å²) >= 11 is 21.8. The molecule has 256 valence electrons. The van der Waals surface area contributed by atoms with Crippen molar-refractivity contribution in [2.45, 2.75) is 48.0 Å². The monoisotopic (exact) mass is 795 g/mol. The predicted molar refractivity (Wildman–Crippen MR) is 132 cm³/mol. The minimum absolute atomic E-state index is 0.0258. The Morgan fingerprint density at radius 3 is 1.89 bits per heavy atom. The number of rotatable bonds is 12. The van der Waals surface area contributed by atoms with Crippen LogP contribution in [-0.2, 0) is 16.1 Å². The van der Waals surface area contributed by atoms with Gasteiger partial charge in [-0.1, -0.05) is 34.8 Å². The number of hydrogen-bond donors (Lipinski definition) is 1. The lowest BCUT2D eigenvalue weighted by molar-refractivity contribution is -0.439. The van der Waals surface area contributed by atoms with E-state index in [2.05, 4.69) is 21.5 Å². The molecule has 0 aliphatic heterocycles. The minimum atomic E-state index is -8.02. The zero-order chi connectivity index (χ0) is 35.2. The number of benzene rings is 1. The third kappa shape index (κ3) is 7.81. The molecule has 0 aliphatic carbocycles. The molecule has 0 atom stereocenters. The lowest BCUT2D eigenvalue weighted by Crippen LogP contribution is -2.70. The molecular weight excluding hydrogens is 788 g/mol. The summed E-state index contributed by atoms with van der Waals surface area (Å²) in [7, 11) is -5.08. The lowest BCUT2D eigenvalue weighted by atomic mass is 9.93. The lowest BCUT2D eigenvalue weighted by Gasteiger charge is -2.39. The first-order chi connectivity index (χ1) is 20.0. The third-order valence-electron chi connectivity index (χ3n) is 4.93. The summed E-state index contributed by atoms with van der Waals surface area (Å²) in [4.78, 5) is 11.3. The van der Waals surface area contributed by atoms with Gasteiger partial charge >= 0.3 is 52.1 Å². The standard InChI is InChI=1S/C18H9Cl3F13N3O5S3/c19-6-3-7(20)10(8(21)4-6)42-45(39,40)36-11(38)37-12(43)41-9(35-37)5-44-2-1-13(22,23)14(24,25)15(26,27)16(28,29)17(30,31)18(32,33)34/h3-4H,1-2,5H2,(H,36,38). The van der Waals surface area contributed by atoms with E-state index in [9.17, 15) is 70.3 Å². The molecule has 1 N–H and O–H groups in total. The van der Waals surface area contributed by atoms with E-state index in [4.69, 9.17) is 39.2 Å². The van der Waals surface area contributed by atoms with Crippen LogP contribution in [-0.4, -0.2) is 65.8 Å². The Balaban J connectivity index is 2.10. The van der Waals surface area contributed by atoms with Crippen molar-refractivity contribution in [2.75, 3.05) is 5.75 Å². The van der Waals surface area contributed by atoms with Gasteiger partial charge in [-0.15, -0.1) is 9.78 Å². The number of alkyl halides is 13. The van der Waals surface area contributed by atoms with Crippen molar-refractivity contribution in [2.24, 2.45) is 0 Å². The van der Waals surface area contributed by atoms with Crippen molar-refractivity contribution in [1.29, 1.82) is 0 Å². The average Bonchev–Trinajstić information content (AvgIpc) is 3.23. The van der Waals surface area contributed by atoms with Crippen LogP contribution in [0.25, 0.3) is 0 Å². The molecule has 0 aliphatic rings.